The molecule has 0 aromatic heterocycles. The number of hydrogen-bond donors (Lipinski definition) is 5. The SMILES string of the molecule is CC(CN)c1cc(Br)cc(Br)c1.Cc1ccc(C(=O)C(O)(C(=O)O)C(O)(C(=O)O)C(=O)c2ccc(C)cc2)cc1. The van der Waals surface area contributed by atoms with Gasteiger partial charge in [-0.25, -0.2) is 9.59 Å². The Morgan fingerprint density at radius 3 is 1.32 bits per heavy atom. The molecule has 3 aromatic rings. The van der Waals surface area contributed by atoms with E-state index in [1.54, 1.807) is 13.8 Å². The third-order valence-corrected chi connectivity index (χ3v) is 7.15. The Morgan fingerprint density at radius 2 is 1.05 bits per heavy atom. The summed E-state index contributed by atoms with van der Waals surface area (Å²) in [5.74, 6) is -7.60. The number of ketones is 2. The molecule has 9 nitrogen and oxygen atoms in total. The molecule has 0 saturated heterocycles. The number of halogens is 2. The van der Waals surface area contributed by atoms with Crippen molar-refractivity contribution >= 4 is 55.4 Å². The summed E-state index contributed by atoms with van der Waals surface area (Å²) in [7, 11) is 0. The molecule has 0 saturated carbocycles. The smallest absolute Gasteiger partial charge is 0.348 e. The van der Waals surface area contributed by atoms with Gasteiger partial charge in [-0.3, -0.25) is 9.59 Å². The summed E-state index contributed by atoms with van der Waals surface area (Å²) < 4.78 is 2.18. The molecule has 0 aliphatic carbocycles. The Morgan fingerprint density at radius 1 is 0.725 bits per heavy atom. The maximum absolute atomic E-state index is 12.8. The summed E-state index contributed by atoms with van der Waals surface area (Å²) in [4.78, 5) is 49.1. The number of Topliss-reactive ketones (excluding diaryl/α,β-unsaturated/α-hetero) is 2. The van der Waals surface area contributed by atoms with Crippen molar-refractivity contribution in [1.29, 1.82) is 0 Å². The van der Waals surface area contributed by atoms with Crippen LogP contribution in [-0.2, 0) is 9.59 Å². The number of carboxylic acid groups (broad SMARTS) is 2. The van der Waals surface area contributed by atoms with E-state index in [0.717, 1.165) is 33.2 Å². The van der Waals surface area contributed by atoms with Crippen LogP contribution in [0.5, 0.6) is 0 Å². The van der Waals surface area contributed by atoms with Crippen LogP contribution in [0.1, 0.15) is 50.2 Å². The fourth-order valence-electron chi connectivity index (χ4n) is 3.66. The average molecular weight is 679 g/mol. The quantitative estimate of drug-likeness (QED) is 0.163. The standard InChI is InChI=1S/C20H18O8.C9H11Br2N/c1-11-3-7-13(8-4-11)15(21)19(27,17(23)24)20(28,18(25)26)16(22)14-9-5-12(2)6-10-14;1-6(5-12)7-2-8(10)4-9(11)3-7/h3-10,27-28H,1-2H3,(H,23,24)(H,25,26);2-4,6H,5,12H2,1H3. The number of hydrogen-bond acceptors (Lipinski definition) is 7. The molecule has 0 aliphatic heterocycles. The van der Waals surface area contributed by atoms with Crippen LogP contribution in [0.15, 0.2) is 75.7 Å². The number of carbonyl (C=O) groups excluding carboxylic acids is 2. The normalized spacial score (nSPS) is 14.5. The van der Waals surface area contributed by atoms with Gasteiger partial charge < -0.3 is 26.2 Å². The van der Waals surface area contributed by atoms with Crippen LogP contribution < -0.4 is 5.73 Å². The van der Waals surface area contributed by atoms with Crippen molar-refractivity contribution in [2.45, 2.75) is 37.9 Å². The lowest BCUT2D eigenvalue weighted by molar-refractivity contribution is -0.187. The molecule has 3 atom stereocenters. The number of rotatable bonds is 9. The molecule has 0 spiro atoms. The minimum atomic E-state index is -3.96. The Labute approximate surface area is 247 Å². The second kappa shape index (κ2) is 13.4. The van der Waals surface area contributed by atoms with Crippen LogP contribution >= 0.6 is 31.9 Å². The van der Waals surface area contributed by atoms with Crippen LogP contribution in [-0.4, -0.2) is 61.7 Å². The molecular formula is C29H29Br2NO8. The average Bonchev–Trinajstić information content (AvgIpc) is 2.91. The van der Waals surface area contributed by atoms with Gasteiger partial charge in [0.2, 0.25) is 11.6 Å². The number of carbonyl (C=O) groups is 4. The van der Waals surface area contributed by atoms with Crippen molar-refractivity contribution in [3.8, 4) is 0 Å². The predicted octanol–water partition coefficient (Wildman–Crippen LogP) is 4.27. The topological polar surface area (TPSA) is 175 Å². The largest absolute Gasteiger partial charge is 0.479 e. The van der Waals surface area contributed by atoms with Crippen molar-refractivity contribution < 1.29 is 39.6 Å². The van der Waals surface area contributed by atoms with Gasteiger partial charge in [-0.15, -0.1) is 0 Å². The molecule has 3 aromatic carbocycles. The zero-order valence-electron chi connectivity index (χ0n) is 21.9. The molecular weight excluding hydrogens is 650 g/mol. The van der Waals surface area contributed by atoms with E-state index < -0.39 is 34.7 Å². The Bertz CT molecular complexity index is 1310. The van der Waals surface area contributed by atoms with Crippen LogP contribution in [0.4, 0.5) is 0 Å². The van der Waals surface area contributed by atoms with Gasteiger partial charge in [-0.05, 0) is 50.1 Å². The van der Waals surface area contributed by atoms with E-state index in [9.17, 15) is 39.6 Å². The summed E-state index contributed by atoms with van der Waals surface area (Å²) in [6, 6.07) is 16.6. The minimum Gasteiger partial charge on any atom is -0.479 e. The molecule has 0 heterocycles. The van der Waals surface area contributed by atoms with E-state index in [2.05, 4.69) is 50.9 Å². The van der Waals surface area contributed by atoms with Crippen molar-refractivity contribution in [2.24, 2.45) is 5.73 Å². The summed E-state index contributed by atoms with van der Waals surface area (Å²) in [6.07, 6.45) is 0. The first kappa shape index (κ1) is 33.0. The molecule has 0 amide bonds. The molecule has 3 unspecified atom stereocenters. The predicted molar refractivity (Wildman–Crippen MR) is 156 cm³/mol. The first-order valence-corrected chi connectivity index (χ1v) is 13.5. The highest BCUT2D eigenvalue weighted by Crippen LogP contribution is 2.32. The van der Waals surface area contributed by atoms with E-state index in [4.69, 9.17) is 5.73 Å². The minimum absolute atomic E-state index is 0.383. The van der Waals surface area contributed by atoms with Gasteiger partial charge in [0.25, 0.3) is 11.2 Å². The van der Waals surface area contributed by atoms with Gasteiger partial charge in [-0.1, -0.05) is 98.4 Å². The number of aliphatic carboxylic acids is 2. The van der Waals surface area contributed by atoms with Gasteiger partial charge in [0.15, 0.2) is 0 Å². The van der Waals surface area contributed by atoms with Crippen molar-refractivity contribution in [1.82, 2.24) is 0 Å². The zero-order valence-corrected chi connectivity index (χ0v) is 25.1. The van der Waals surface area contributed by atoms with Crippen molar-refractivity contribution in [2.75, 3.05) is 6.54 Å². The molecule has 0 bridgehead atoms. The number of aryl methyl sites for hydroxylation is 2. The van der Waals surface area contributed by atoms with E-state index in [1.165, 1.54) is 29.8 Å². The lowest BCUT2D eigenvalue weighted by Crippen LogP contribution is -2.71. The summed E-state index contributed by atoms with van der Waals surface area (Å²) in [5, 5.41) is 40.3. The Balaban J connectivity index is 0.000000389. The van der Waals surface area contributed by atoms with Gasteiger partial charge in [-0.2, -0.15) is 0 Å². The van der Waals surface area contributed by atoms with Gasteiger partial charge >= 0.3 is 11.9 Å². The third kappa shape index (κ3) is 6.91. The first-order valence-electron chi connectivity index (χ1n) is 11.9. The summed E-state index contributed by atoms with van der Waals surface area (Å²) in [6.45, 7) is 6.18. The van der Waals surface area contributed by atoms with Crippen molar-refractivity contribution in [3.63, 3.8) is 0 Å². The number of nitrogens with two attached hydrogens (primary N) is 1. The Kier molecular flexibility index (Phi) is 11.1. The highest BCUT2D eigenvalue weighted by atomic mass is 79.9. The molecule has 6 N–H and O–H groups in total. The van der Waals surface area contributed by atoms with Gasteiger partial charge in [0.1, 0.15) is 0 Å². The van der Waals surface area contributed by atoms with Crippen LogP contribution in [0.3, 0.4) is 0 Å². The van der Waals surface area contributed by atoms with E-state index >= 15 is 0 Å². The molecule has 0 radical (unpaired) electrons. The van der Waals surface area contributed by atoms with Gasteiger partial charge in [0.05, 0.1) is 0 Å². The summed E-state index contributed by atoms with van der Waals surface area (Å²) >= 11 is 6.88. The van der Waals surface area contributed by atoms with Gasteiger partial charge in [0, 0.05) is 20.1 Å². The second-order valence-corrected chi connectivity index (χ2v) is 11.1. The highest BCUT2D eigenvalue weighted by molar-refractivity contribution is 9.11. The van der Waals surface area contributed by atoms with Crippen LogP contribution in [0, 0.1) is 13.8 Å². The lowest BCUT2D eigenvalue weighted by Gasteiger charge is -2.34. The van der Waals surface area contributed by atoms with Crippen molar-refractivity contribution in [3.05, 3.63) is 103 Å². The third-order valence-electron chi connectivity index (χ3n) is 6.23. The lowest BCUT2D eigenvalue weighted by atomic mass is 9.73. The number of aliphatic hydroxyl groups is 2. The molecule has 3 rings (SSSR count). The fraction of sp³-hybridized carbons (Fsp3) is 0.241. The van der Waals surface area contributed by atoms with E-state index in [0.29, 0.717) is 23.6 Å². The first-order chi connectivity index (χ1) is 18.6. The maximum Gasteiger partial charge on any atom is 0.348 e. The zero-order chi connectivity index (χ0) is 30.4. The molecule has 0 aliphatic rings. The monoisotopic (exact) mass is 677 g/mol. The van der Waals surface area contributed by atoms with Crippen LogP contribution in [0.25, 0.3) is 0 Å². The molecule has 11 heteroatoms. The fourth-order valence-corrected chi connectivity index (χ4v) is 4.98. The van der Waals surface area contributed by atoms with Crippen LogP contribution in [0.2, 0.25) is 0 Å². The molecule has 212 valence electrons. The van der Waals surface area contributed by atoms with E-state index in [1.807, 2.05) is 6.07 Å². The Hall–Kier alpha value is -3.22. The van der Waals surface area contributed by atoms with E-state index in [-0.39, 0.29) is 11.1 Å². The maximum atomic E-state index is 12.8. The second-order valence-electron chi connectivity index (χ2n) is 9.26. The molecule has 40 heavy (non-hydrogen) atoms. The molecule has 0 fully saturated rings. The summed E-state index contributed by atoms with van der Waals surface area (Å²) in [5.41, 5.74) is -0.437. The number of carboxylic acids is 2. The highest BCUT2D eigenvalue weighted by Gasteiger charge is 2.69. The number of benzene rings is 3.